The summed E-state index contributed by atoms with van der Waals surface area (Å²) in [4.78, 5) is 11.0. The molecule has 2 heterocycles. The van der Waals surface area contributed by atoms with Crippen molar-refractivity contribution in [1.82, 2.24) is 15.0 Å². The van der Waals surface area contributed by atoms with Crippen molar-refractivity contribution in [2.45, 2.75) is 12.6 Å². The average molecular weight is 515 g/mol. The molecule has 0 bridgehead atoms. The molecule has 4 aromatic rings. The summed E-state index contributed by atoms with van der Waals surface area (Å²) in [5.74, 6) is -1.30. The number of hydrogen-bond acceptors (Lipinski definition) is 5. The van der Waals surface area contributed by atoms with E-state index >= 15 is 0 Å². The van der Waals surface area contributed by atoms with Crippen molar-refractivity contribution in [2.24, 2.45) is 0 Å². The Bertz CT molecular complexity index is 1350. The van der Waals surface area contributed by atoms with Crippen molar-refractivity contribution < 1.29 is 26.7 Å². The highest BCUT2D eigenvalue weighted by atomic mass is 35.5. The van der Waals surface area contributed by atoms with Gasteiger partial charge in [0.1, 0.15) is 45.1 Å². The Morgan fingerprint density at radius 2 is 1.62 bits per heavy atom. The third kappa shape index (κ3) is 4.97. The van der Waals surface area contributed by atoms with Crippen molar-refractivity contribution in [3.63, 3.8) is 0 Å². The number of hydrogen-bond donors (Lipinski definition) is 1. The highest BCUT2D eigenvalue weighted by Crippen LogP contribution is 2.43. The Morgan fingerprint density at radius 3 is 2.32 bits per heavy atom. The molecule has 0 aliphatic carbocycles. The van der Waals surface area contributed by atoms with Crippen molar-refractivity contribution in [3.8, 4) is 11.5 Å². The summed E-state index contributed by atoms with van der Waals surface area (Å²) < 4.78 is 72.6. The predicted molar refractivity (Wildman–Crippen MR) is 117 cm³/mol. The highest BCUT2D eigenvalue weighted by molar-refractivity contribution is 6.37. The Kier molecular flexibility index (Phi) is 6.72. The van der Waals surface area contributed by atoms with E-state index in [0.717, 1.165) is 30.2 Å². The lowest BCUT2D eigenvalue weighted by atomic mass is 10.1. The molecule has 4 rings (SSSR count). The molecule has 2 aromatic heterocycles. The number of pyridine rings is 1. The number of benzene rings is 2. The molecule has 0 saturated carbocycles. The van der Waals surface area contributed by atoms with Crippen LogP contribution in [0.15, 0.2) is 48.9 Å². The number of aromatic nitrogens is 3. The maximum absolute atomic E-state index is 14.2. The topological polar surface area (TPSA) is 59.9 Å². The van der Waals surface area contributed by atoms with E-state index < -0.39 is 28.5 Å². The van der Waals surface area contributed by atoms with Gasteiger partial charge in [-0.05, 0) is 36.2 Å². The van der Waals surface area contributed by atoms with Gasteiger partial charge in [0.2, 0.25) is 0 Å². The SMILES string of the molecule is Fc1ccc(F)c2c(NCCc3ccc(Oc4c(Cl)cnc(C(F)(F)F)c4Cl)cc3)ncnc12. The van der Waals surface area contributed by atoms with E-state index in [4.69, 9.17) is 27.9 Å². The summed E-state index contributed by atoms with van der Waals surface area (Å²) in [6, 6.07) is 8.43. The first-order valence-corrected chi connectivity index (χ1v) is 10.4. The number of fused-ring (bicyclic) bond motifs is 1. The number of rotatable bonds is 6. The number of nitrogens with one attached hydrogen (secondary N) is 1. The zero-order valence-corrected chi connectivity index (χ0v) is 18.4. The lowest BCUT2D eigenvalue weighted by Gasteiger charge is -2.14. The first kappa shape index (κ1) is 23.9. The van der Waals surface area contributed by atoms with Crippen LogP contribution in [0.1, 0.15) is 11.3 Å². The molecule has 2 aromatic carbocycles. The van der Waals surface area contributed by atoms with Crippen molar-refractivity contribution in [2.75, 3.05) is 11.9 Å². The monoisotopic (exact) mass is 514 g/mol. The maximum Gasteiger partial charge on any atom is 0.434 e. The quantitative estimate of drug-likeness (QED) is 0.278. The van der Waals surface area contributed by atoms with Gasteiger partial charge in [-0.15, -0.1) is 0 Å². The van der Waals surface area contributed by atoms with Gasteiger partial charge in [0.15, 0.2) is 11.4 Å². The van der Waals surface area contributed by atoms with E-state index in [1.807, 2.05) is 0 Å². The molecule has 0 spiro atoms. The lowest BCUT2D eigenvalue weighted by Crippen LogP contribution is -2.09. The molecule has 0 amide bonds. The number of nitrogens with zero attached hydrogens (tertiary/aromatic N) is 3. The molecule has 0 atom stereocenters. The third-order valence-electron chi connectivity index (χ3n) is 4.74. The van der Waals surface area contributed by atoms with Crippen LogP contribution in [0.2, 0.25) is 10.0 Å². The Balaban J connectivity index is 1.44. The molecule has 0 aliphatic heterocycles. The maximum atomic E-state index is 14.2. The fourth-order valence-corrected chi connectivity index (χ4v) is 3.67. The molecule has 5 nitrogen and oxygen atoms in total. The molecule has 0 fully saturated rings. The molecule has 0 unspecified atom stereocenters. The van der Waals surface area contributed by atoms with Gasteiger partial charge < -0.3 is 10.1 Å². The summed E-state index contributed by atoms with van der Waals surface area (Å²) in [5.41, 5.74) is -0.598. The molecule has 0 saturated heterocycles. The van der Waals surface area contributed by atoms with E-state index in [1.54, 1.807) is 12.1 Å². The first-order chi connectivity index (χ1) is 16.1. The molecule has 176 valence electrons. The number of anilines is 1. The van der Waals surface area contributed by atoms with Crippen molar-refractivity contribution >= 4 is 39.9 Å². The Hall–Kier alpha value is -3.24. The Labute approximate surface area is 199 Å². The zero-order chi connectivity index (χ0) is 24.5. The molecule has 34 heavy (non-hydrogen) atoms. The second kappa shape index (κ2) is 9.55. The second-order valence-electron chi connectivity index (χ2n) is 6.99. The van der Waals surface area contributed by atoms with E-state index in [0.29, 0.717) is 13.0 Å². The van der Waals surface area contributed by atoms with Gasteiger partial charge in [-0.2, -0.15) is 13.2 Å². The van der Waals surface area contributed by atoms with Crippen LogP contribution in [0.3, 0.4) is 0 Å². The van der Waals surface area contributed by atoms with Crippen LogP contribution < -0.4 is 10.1 Å². The lowest BCUT2D eigenvalue weighted by molar-refractivity contribution is -0.141. The molecule has 0 radical (unpaired) electrons. The van der Waals surface area contributed by atoms with Gasteiger partial charge in [-0.25, -0.2) is 23.7 Å². The van der Waals surface area contributed by atoms with Crippen LogP contribution in [0.5, 0.6) is 11.5 Å². The summed E-state index contributed by atoms with van der Waals surface area (Å²) >= 11 is 11.7. The number of halogens is 7. The minimum absolute atomic E-state index is 0.0458. The summed E-state index contributed by atoms with van der Waals surface area (Å²) in [7, 11) is 0. The fourth-order valence-electron chi connectivity index (χ4n) is 3.14. The van der Waals surface area contributed by atoms with Crippen LogP contribution in [-0.2, 0) is 12.6 Å². The van der Waals surface area contributed by atoms with E-state index in [2.05, 4.69) is 20.3 Å². The second-order valence-corrected chi connectivity index (χ2v) is 7.78. The summed E-state index contributed by atoms with van der Waals surface area (Å²) in [5, 5.41) is 2.00. The van der Waals surface area contributed by atoms with Crippen LogP contribution >= 0.6 is 23.2 Å². The minimum atomic E-state index is -4.76. The predicted octanol–water partition coefficient (Wildman–Crippen LogP) is 7.08. The molecular formula is C22H13Cl2F5N4O. The number of alkyl halides is 3. The molecule has 0 aliphatic rings. The van der Waals surface area contributed by atoms with Gasteiger partial charge in [0.05, 0.1) is 11.6 Å². The summed E-state index contributed by atoms with van der Waals surface area (Å²) in [6.07, 6.45) is -2.34. The van der Waals surface area contributed by atoms with Crippen LogP contribution in [0.25, 0.3) is 10.9 Å². The van der Waals surface area contributed by atoms with Crippen LogP contribution in [0, 0.1) is 11.6 Å². The van der Waals surface area contributed by atoms with Gasteiger partial charge in [-0.3, -0.25) is 0 Å². The molecule has 12 heteroatoms. The molecular weight excluding hydrogens is 502 g/mol. The van der Waals surface area contributed by atoms with Crippen molar-refractivity contribution in [1.29, 1.82) is 0 Å². The van der Waals surface area contributed by atoms with Gasteiger partial charge in [-0.1, -0.05) is 35.3 Å². The van der Waals surface area contributed by atoms with Gasteiger partial charge >= 0.3 is 6.18 Å². The summed E-state index contributed by atoms with van der Waals surface area (Å²) in [6.45, 7) is 0.333. The van der Waals surface area contributed by atoms with Gasteiger partial charge in [0, 0.05) is 6.54 Å². The Morgan fingerprint density at radius 1 is 0.912 bits per heavy atom. The third-order valence-corrected chi connectivity index (χ3v) is 5.36. The minimum Gasteiger partial charge on any atom is -0.454 e. The normalized spacial score (nSPS) is 11.6. The van der Waals surface area contributed by atoms with Gasteiger partial charge in [0.25, 0.3) is 0 Å². The van der Waals surface area contributed by atoms with Crippen molar-refractivity contribution in [3.05, 3.63) is 81.9 Å². The van der Waals surface area contributed by atoms with E-state index in [1.165, 1.54) is 12.1 Å². The smallest absolute Gasteiger partial charge is 0.434 e. The van der Waals surface area contributed by atoms with E-state index in [-0.39, 0.29) is 33.2 Å². The standard InChI is InChI=1S/C22H13Cl2F5N4O/c23-13-9-31-20(22(27,28)29)17(24)19(13)34-12-3-1-11(2-4-12)7-8-30-21-16-14(25)5-6-15(26)18(16)32-10-33-21/h1-6,9-10H,7-8H2,(H,30,32,33). The first-order valence-electron chi connectivity index (χ1n) is 9.65. The van der Waals surface area contributed by atoms with E-state index in [9.17, 15) is 22.0 Å². The largest absolute Gasteiger partial charge is 0.454 e. The van der Waals surface area contributed by atoms with Crippen LogP contribution in [-0.4, -0.2) is 21.5 Å². The zero-order valence-electron chi connectivity index (χ0n) is 16.9. The number of ether oxygens (including phenoxy) is 1. The fraction of sp³-hybridized carbons (Fsp3) is 0.136. The molecule has 1 N–H and O–H groups in total. The highest BCUT2D eigenvalue weighted by Gasteiger charge is 2.37. The average Bonchev–Trinajstić information content (AvgIpc) is 2.79. The van der Waals surface area contributed by atoms with Crippen LogP contribution in [0.4, 0.5) is 27.8 Å².